The van der Waals surface area contributed by atoms with Gasteiger partial charge in [-0.15, -0.1) is 0 Å². The highest BCUT2D eigenvalue weighted by Gasteiger charge is 2.20. The smallest absolute Gasteiger partial charge is 0.0292 e. The average molecular weight is 279 g/mol. The molecule has 0 amide bonds. The molecule has 2 atom stereocenters. The number of hydrogen-bond acceptors (Lipinski definition) is 1. The van der Waals surface area contributed by atoms with E-state index >= 15 is 0 Å². The maximum atomic E-state index is 3.74. The van der Waals surface area contributed by atoms with Crippen LogP contribution in [0.2, 0.25) is 0 Å². The lowest BCUT2D eigenvalue weighted by Gasteiger charge is -2.27. The molecule has 0 spiro atoms. The third-order valence-corrected chi connectivity index (χ3v) is 4.71. The lowest BCUT2D eigenvalue weighted by atomic mass is 9.82. The number of nitrogens with one attached hydrogen (secondary N) is 1. The molecule has 1 nitrogen and oxygen atoms in total. The molecule has 3 rings (SSSR count). The largest absolute Gasteiger partial charge is 0.310 e. The molecule has 1 aliphatic carbocycles. The first-order valence-corrected chi connectivity index (χ1v) is 8.12. The normalized spacial score (nSPS) is 19.0. The van der Waals surface area contributed by atoms with E-state index in [0.29, 0.717) is 12.0 Å². The summed E-state index contributed by atoms with van der Waals surface area (Å²) in [5.74, 6) is 0.669. The van der Waals surface area contributed by atoms with Gasteiger partial charge in [-0.25, -0.2) is 0 Å². The molecule has 0 heterocycles. The van der Waals surface area contributed by atoms with Crippen molar-refractivity contribution in [1.82, 2.24) is 5.32 Å². The van der Waals surface area contributed by atoms with Crippen molar-refractivity contribution in [3.63, 3.8) is 0 Å². The second-order valence-corrected chi connectivity index (χ2v) is 6.33. The van der Waals surface area contributed by atoms with E-state index < -0.39 is 0 Å². The first-order valence-electron chi connectivity index (χ1n) is 8.12. The van der Waals surface area contributed by atoms with Crippen molar-refractivity contribution in [3.8, 4) is 0 Å². The topological polar surface area (TPSA) is 12.0 Å². The summed E-state index contributed by atoms with van der Waals surface area (Å²) in [5, 5.41) is 3.74. The fourth-order valence-electron chi connectivity index (χ4n) is 3.44. The van der Waals surface area contributed by atoms with E-state index in [2.05, 4.69) is 67.7 Å². The molecule has 21 heavy (non-hydrogen) atoms. The summed E-state index contributed by atoms with van der Waals surface area (Å²) in [6.45, 7) is 5.50. The van der Waals surface area contributed by atoms with E-state index in [0.717, 1.165) is 6.54 Å². The Morgan fingerprint density at radius 2 is 2.00 bits per heavy atom. The molecule has 0 radical (unpaired) electrons. The van der Waals surface area contributed by atoms with Gasteiger partial charge >= 0.3 is 0 Å². The van der Waals surface area contributed by atoms with Gasteiger partial charge in [0.1, 0.15) is 0 Å². The molecule has 0 bridgehead atoms. The van der Waals surface area contributed by atoms with Gasteiger partial charge in [0.2, 0.25) is 0 Å². The number of benzene rings is 2. The lowest BCUT2D eigenvalue weighted by Crippen LogP contribution is -2.26. The Balaban J connectivity index is 1.66. The zero-order valence-electron chi connectivity index (χ0n) is 13.1. The molecule has 0 aliphatic heterocycles. The number of hydrogen-bond donors (Lipinski definition) is 1. The van der Waals surface area contributed by atoms with Gasteiger partial charge in [0, 0.05) is 12.6 Å². The molecular weight excluding hydrogens is 254 g/mol. The Labute approximate surface area is 128 Å². The minimum atomic E-state index is 0.416. The third kappa shape index (κ3) is 3.36. The van der Waals surface area contributed by atoms with E-state index in [1.54, 1.807) is 11.1 Å². The summed E-state index contributed by atoms with van der Waals surface area (Å²) in [6, 6.07) is 18.2. The van der Waals surface area contributed by atoms with Crippen LogP contribution in [0.15, 0.2) is 48.5 Å². The van der Waals surface area contributed by atoms with Crippen molar-refractivity contribution >= 4 is 0 Å². The van der Waals surface area contributed by atoms with Crippen molar-refractivity contribution in [1.29, 1.82) is 0 Å². The van der Waals surface area contributed by atoms with Crippen LogP contribution in [-0.2, 0) is 6.42 Å². The average Bonchev–Trinajstić information content (AvgIpc) is 2.52. The van der Waals surface area contributed by atoms with Gasteiger partial charge in [0.05, 0.1) is 0 Å². The van der Waals surface area contributed by atoms with E-state index in [1.807, 2.05) is 0 Å². The molecule has 1 aliphatic rings. The molecular formula is C20H25N. The highest BCUT2D eigenvalue weighted by atomic mass is 14.9. The Morgan fingerprint density at radius 1 is 1.14 bits per heavy atom. The van der Waals surface area contributed by atoms with Crippen LogP contribution in [0.4, 0.5) is 0 Å². The number of aryl methyl sites for hydroxylation is 2. The van der Waals surface area contributed by atoms with Crippen molar-refractivity contribution in [2.45, 2.75) is 45.1 Å². The predicted octanol–water partition coefficient (Wildman–Crippen LogP) is 4.77. The van der Waals surface area contributed by atoms with Crippen LogP contribution in [0.25, 0.3) is 0 Å². The monoisotopic (exact) mass is 279 g/mol. The first-order chi connectivity index (χ1) is 10.2. The second kappa shape index (κ2) is 6.44. The maximum Gasteiger partial charge on any atom is 0.0292 e. The molecule has 0 fully saturated rings. The van der Waals surface area contributed by atoms with Crippen LogP contribution >= 0.6 is 0 Å². The zero-order valence-corrected chi connectivity index (χ0v) is 13.1. The summed E-state index contributed by atoms with van der Waals surface area (Å²) in [5.41, 5.74) is 5.84. The standard InChI is InChI=1S/C20H25N/c1-15-7-5-10-18(13-15)16(2)21-14-19-11-6-9-17-8-3-4-12-20(17)19/h3-5,7-8,10,12-13,16,19,21H,6,9,11,14H2,1-2H3/t16-,19?/m0/s1. The van der Waals surface area contributed by atoms with Gasteiger partial charge in [-0.1, -0.05) is 54.1 Å². The zero-order chi connectivity index (χ0) is 14.7. The molecule has 2 aromatic rings. The van der Waals surface area contributed by atoms with Gasteiger partial charge < -0.3 is 5.32 Å². The summed E-state index contributed by atoms with van der Waals surface area (Å²) in [6.07, 6.45) is 3.88. The van der Waals surface area contributed by atoms with Crippen LogP contribution < -0.4 is 5.32 Å². The fourth-order valence-corrected chi connectivity index (χ4v) is 3.44. The van der Waals surface area contributed by atoms with Gasteiger partial charge in [-0.3, -0.25) is 0 Å². The van der Waals surface area contributed by atoms with Crippen molar-refractivity contribution in [2.24, 2.45) is 0 Å². The Hall–Kier alpha value is -1.60. The van der Waals surface area contributed by atoms with E-state index in [9.17, 15) is 0 Å². The van der Waals surface area contributed by atoms with Crippen LogP contribution in [0.5, 0.6) is 0 Å². The SMILES string of the molecule is Cc1cccc([C@H](C)NCC2CCCc3ccccc32)c1. The highest BCUT2D eigenvalue weighted by molar-refractivity contribution is 5.33. The quantitative estimate of drug-likeness (QED) is 0.850. The van der Waals surface area contributed by atoms with Gasteiger partial charge in [-0.05, 0) is 55.7 Å². The van der Waals surface area contributed by atoms with Crippen LogP contribution in [0.3, 0.4) is 0 Å². The van der Waals surface area contributed by atoms with Crippen LogP contribution in [-0.4, -0.2) is 6.54 Å². The second-order valence-electron chi connectivity index (χ2n) is 6.33. The number of fused-ring (bicyclic) bond motifs is 1. The summed E-state index contributed by atoms with van der Waals surface area (Å²) in [7, 11) is 0. The van der Waals surface area contributed by atoms with E-state index in [1.165, 1.54) is 30.4 Å². The fraction of sp³-hybridized carbons (Fsp3) is 0.400. The lowest BCUT2D eigenvalue weighted by molar-refractivity contribution is 0.473. The maximum absolute atomic E-state index is 3.74. The van der Waals surface area contributed by atoms with Gasteiger partial charge in [-0.2, -0.15) is 0 Å². The molecule has 0 aromatic heterocycles. The summed E-state index contributed by atoms with van der Waals surface area (Å²) < 4.78 is 0. The van der Waals surface area contributed by atoms with Gasteiger partial charge in [0.25, 0.3) is 0 Å². The molecule has 2 aromatic carbocycles. The minimum Gasteiger partial charge on any atom is -0.310 e. The van der Waals surface area contributed by atoms with Gasteiger partial charge in [0.15, 0.2) is 0 Å². The van der Waals surface area contributed by atoms with Crippen molar-refractivity contribution in [2.75, 3.05) is 6.54 Å². The third-order valence-electron chi connectivity index (χ3n) is 4.71. The van der Waals surface area contributed by atoms with Crippen LogP contribution in [0.1, 0.15) is 54.0 Å². The molecule has 0 saturated heterocycles. The summed E-state index contributed by atoms with van der Waals surface area (Å²) >= 11 is 0. The minimum absolute atomic E-state index is 0.416. The van der Waals surface area contributed by atoms with Crippen molar-refractivity contribution < 1.29 is 0 Å². The molecule has 1 unspecified atom stereocenters. The molecule has 0 saturated carbocycles. The van der Waals surface area contributed by atoms with Crippen molar-refractivity contribution in [3.05, 3.63) is 70.8 Å². The molecule has 1 heteroatoms. The highest BCUT2D eigenvalue weighted by Crippen LogP contribution is 2.31. The van der Waals surface area contributed by atoms with Crippen LogP contribution in [0, 0.1) is 6.92 Å². The molecule has 110 valence electrons. The Bertz CT molecular complexity index is 602. The Kier molecular flexibility index (Phi) is 4.40. The van der Waals surface area contributed by atoms with E-state index in [4.69, 9.17) is 0 Å². The predicted molar refractivity (Wildman–Crippen MR) is 89.7 cm³/mol. The Morgan fingerprint density at radius 3 is 2.86 bits per heavy atom. The number of rotatable bonds is 4. The van der Waals surface area contributed by atoms with E-state index in [-0.39, 0.29) is 0 Å². The summed E-state index contributed by atoms with van der Waals surface area (Å²) in [4.78, 5) is 0. The first kappa shape index (κ1) is 14.3. The molecule has 1 N–H and O–H groups in total.